The van der Waals surface area contributed by atoms with Gasteiger partial charge in [-0.2, -0.15) is 9.97 Å². The van der Waals surface area contributed by atoms with Gasteiger partial charge >= 0.3 is 6.03 Å². The van der Waals surface area contributed by atoms with Crippen LogP contribution in [0.15, 0.2) is 29.4 Å². The van der Waals surface area contributed by atoms with Crippen LogP contribution in [0, 0.1) is 0 Å². The van der Waals surface area contributed by atoms with Gasteiger partial charge in [0.25, 0.3) is 0 Å². The number of methoxy groups -OCH3 is 1. The standard InChI is InChI=1S/C21H31N5O3S/c1-6-22-19(27)25-18-23-17(24-20(26-18)30-13-7-12-28-5)14-29-16-10-8-15(9-11-16)21(2,3)4/h8-11H,6-7,12-14H2,1-5H3,(H2,22,23,24,25,26,27). The zero-order valence-electron chi connectivity index (χ0n) is 18.3. The monoisotopic (exact) mass is 433 g/mol. The molecule has 0 atom stereocenters. The highest BCUT2D eigenvalue weighted by atomic mass is 32.2. The van der Waals surface area contributed by atoms with Crippen LogP contribution in [0.4, 0.5) is 10.7 Å². The normalized spacial score (nSPS) is 11.2. The highest BCUT2D eigenvalue weighted by Gasteiger charge is 2.14. The molecule has 0 unspecified atom stereocenters. The molecule has 8 nitrogen and oxygen atoms in total. The first kappa shape index (κ1) is 23.9. The van der Waals surface area contributed by atoms with Crippen molar-refractivity contribution < 1.29 is 14.3 Å². The van der Waals surface area contributed by atoms with Crippen LogP contribution < -0.4 is 15.4 Å². The number of nitrogens with zero attached hydrogens (tertiary/aromatic N) is 3. The number of ether oxygens (including phenoxy) is 2. The summed E-state index contributed by atoms with van der Waals surface area (Å²) in [6.07, 6.45) is 0.873. The van der Waals surface area contributed by atoms with E-state index in [1.165, 1.54) is 17.3 Å². The fourth-order valence-corrected chi connectivity index (χ4v) is 3.22. The van der Waals surface area contributed by atoms with Crippen molar-refractivity contribution in [2.75, 3.05) is 31.3 Å². The predicted octanol–water partition coefficient (Wildman–Crippen LogP) is 4.02. The SMILES string of the molecule is CCNC(=O)Nc1nc(COc2ccc(C(C)(C)C)cc2)nc(SCCCOC)n1. The Hall–Kier alpha value is -2.39. The van der Waals surface area contributed by atoms with Gasteiger partial charge in [-0.15, -0.1) is 0 Å². The number of rotatable bonds is 10. The Bertz CT molecular complexity index is 809. The van der Waals surface area contributed by atoms with Gasteiger partial charge in [0.2, 0.25) is 5.95 Å². The molecular formula is C21H31N5O3S. The summed E-state index contributed by atoms with van der Waals surface area (Å²) >= 11 is 1.49. The van der Waals surface area contributed by atoms with Gasteiger partial charge in [0, 0.05) is 26.0 Å². The van der Waals surface area contributed by atoms with Gasteiger partial charge in [0.1, 0.15) is 12.4 Å². The lowest BCUT2D eigenvalue weighted by molar-refractivity contribution is 0.200. The third-order valence-electron chi connectivity index (χ3n) is 4.04. The van der Waals surface area contributed by atoms with E-state index in [2.05, 4.69) is 58.5 Å². The maximum absolute atomic E-state index is 11.8. The van der Waals surface area contributed by atoms with Gasteiger partial charge in [0.05, 0.1) is 0 Å². The molecule has 0 fully saturated rings. The minimum atomic E-state index is -0.358. The minimum Gasteiger partial charge on any atom is -0.486 e. The first-order valence-electron chi connectivity index (χ1n) is 9.96. The summed E-state index contributed by atoms with van der Waals surface area (Å²) in [7, 11) is 1.67. The van der Waals surface area contributed by atoms with E-state index < -0.39 is 0 Å². The molecule has 164 valence electrons. The number of hydrogen-bond donors (Lipinski definition) is 2. The van der Waals surface area contributed by atoms with Crippen LogP contribution in [0.5, 0.6) is 5.75 Å². The number of urea groups is 1. The Morgan fingerprint density at radius 3 is 2.50 bits per heavy atom. The molecule has 9 heteroatoms. The first-order chi connectivity index (χ1) is 14.3. The van der Waals surface area contributed by atoms with E-state index in [1.54, 1.807) is 7.11 Å². The van der Waals surface area contributed by atoms with Crippen molar-refractivity contribution in [3.05, 3.63) is 35.7 Å². The summed E-state index contributed by atoms with van der Waals surface area (Å²) in [6.45, 7) is 9.70. The molecule has 2 amide bonds. The van der Waals surface area contributed by atoms with E-state index in [4.69, 9.17) is 9.47 Å². The van der Waals surface area contributed by atoms with Crippen molar-refractivity contribution in [3.63, 3.8) is 0 Å². The largest absolute Gasteiger partial charge is 0.486 e. The van der Waals surface area contributed by atoms with Gasteiger partial charge in [0.15, 0.2) is 11.0 Å². The van der Waals surface area contributed by atoms with Gasteiger partial charge in [-0.3, -0.25) is 5.32 Å². The lowest BCUT2D eigenvalue weighted by Gasteiger charge is -2.19. The average molecular weight is 434 g/mol. The Morgan fingerprint density at radius 2 is 1.87 bits per heavy atom. The zero-order chi connectivity index (χ0) is 22.0. The molecule has 1 aromatic heterocycles. The van der Waals surface area contributed by atoms with Gasteiger partial charge in [-0.25, -0.2) is 9.78 Å². The fraction of sp³-hybridized carbons (Fsp3) is 0.524. The van der Waals surface area contributed by atoms with Crippen molar-refractivity contribution in [3.8, 4) is 5.75 Å². The van der Waals surface area contributed by atoms with E-state index in [0.717, 1.165) is 17.9 Å². The summed E-state index contributed by atoms with van der Waals surface area (Å²) < 4.78 is 10.9. The number of aromatic nitrogens is 3. The molecule has 0 aliphatic carbocycles. The van der Waals surface area contributed by atoms with Gasteiger partial charge in [-0.05, 0) is 36.5 Å². The summed E-state index contributed by atoms with van der Waals surface area (Å²) in [5, 5.41) is 5.84. The Labute approximate surface area is 182 Å². The highest BCUT2D eigenvalue weighted by Crippen LogP contribution is 2.24. The van der Waals surface area contributed by atoms with Crippen LogP contribution in [0.1, 0.15) is 45.5 Å². The van der Waals surface area contributed by atoms with Crippen molar-refractivity contribution in [1.82, 2.24) is 20.3 Å². The molecule has 2 N–H and O–H groups in total. The third kappa shape index (κ3) is 8.16. The quantitative estimate of drug-likeness (QED) is 0.431. The third-order valence-corrected chi connectivity index (χ3v) is 4.97. The van der Waals surface area contributed by atoms with Crippen molar-refractivity contribution in [1.29, 1.82) is 0 Å². The summed E-state index contributed by atoms with van der Waals surface area (Å²) in [6, 6.07) is 7.64. The molecule has 0 aliphatic rings. The topological polar surface area (TPSA) is 98.3 Å². The van der Waals surface area contributed by atoms with Crippen LogP contribution in [0.25, 0.3) is 0 Å². The van der Waals surface area contributed by atoms with E-state index in [9.17, 15) is 4.79 Å². The molecular weight excluding hydrogens is 402 g/mol. The van der Waals surface area contributed by atoms with Crippen LogP contribution in [0.2, 0.25) is 0 Å². The second kappa shape index (κ2) is 11.7. The van der Waals surface area contributed by atoms with E-state index >= 15 is 0 Å². The van der Waals surface area contributed by atoms with E-state index in [0.29, 0.717) is 24.1 Å². The van der Waals surface area contributed by atoms with Gasteiger partial charge in [-0.1, -0.05) is 44.7 Å². The van der Waals surface area contributed by atoms with Crippen molar-refractivity contribution in [2.24, 2.45) is 0 Å². The molecule has 0 spiro atoms. The molecule has 0 saturated heterocycles. The lowest BCUT2D eigenvalue weighted by atomic mass is 9.87. The van der Waals surface area contributed by atoms with Gasteiger partial charge < -0.3 is 14.8 Å². The molecule has 1 aromatic carbocycles. The van der Waals surface area contributed by atoms with E-state index in [-0.39, 0.29) is 24.0 Å². The maximum Gasteiger partial charge on any atom is 0.321 e. The molecule has 0 radical (unpaired) electrons. The maximum atomic E-state index is 11.8. The molecule has 2 aromatic rings. The van der Waals surface area contributed by atoms with Crippen LogP contribution in [-0.2, 0) is 16.8 Å². The minimum absolute atomic E-state index is 0.0846. The highest BCUT2D eigenvalue weighted by molar-refractivity contribution is 7.99. The van der Waals surface area contributed by atoms with Crippen LogP contribution in [-0.4, -0.2) is 47.0 Å². The number of nitrogens with one attached hydrogen (secondary N) is 2. The number of anilines is 1. The molecule has 30 heavy (non-hydrogen) atoms. The Kier molecular flexibility index (Phi) is 9.32. The summed E-state index contributed by atoms with van der Waals surface area (Å²) in [5.41, 5.74) is 1.32. The van der Waals surface area contributed by atoms with Crippen LogP contribution >= 0.6 is 11.8 Å². The smallest absolute Gasteiger partial charge is 0.321 e. The summed E-state index contributed by atoms with van der Waals surface area (Å²) in [5.74, 6) is 2.18. The Morgan fingerprint density at radius 1 is 1.13 bits per heavy atom. The van der Waals surface area contributed by atoms with Crippen molar-refractivity contribution in [2.45, 2.75) is 51.3 Å². The Balaban J connectivity index is 2.08. The second-order valence-corrected chi connectivity index (χ2v) is 8.66. The molecule has 1 heterocycles. The molecule has 0 bridgehead atoms. The molecule has 0 aliphatic heterocycles. The first-order valence-corrected chi connectivity index (χ1v) is 10.9. The molecule has 0 saturated carbocycles. The van der Waals surface area contributed by atoms with Crippen LogP contribution in [0.3, 0.4) is 0 Å². The summed E-state index contributed by atoms with van der Waals surface area (Å²) in [4.78, 5) is 24.9. The van der Waals surface area contributed by atoms with Crippen molar-refractivity contribution >= 4 is 23.7 Å². The second-order valence-electron chi connectivity index (χ2n) is 7.60. The predicted molar refractivity (Wildman–Crippen MR) is 119 cm³/mol. The number of carbonyl (C=O) groups excluding carboxylic acids is 1. The molecule has 2 rings (SSSR count). The van der Waals surface area contributed by atoms with E-state index in [1.807, 2.05) is 19.1 Å². The number of thioether (sulfide) groups is 1. The fourth-order valence-electron chi connectivity index (χ4n) is 2.46. The lowest BCUT2D eigenvalue weighted by Crippen LogP contribution is -2.29. The number of benzene rings is 1. The average Bonchev–Trinajstić information content (AvgIpc) is 2.69. The number of hydrogen-bond acceptors (Lipinski definition) is 7. The zero-order valence-corrected chi connectivity index (χ0v) is 19.1. The number of amides is 2. The number of carbonyl (C=O) groups is 1.